The van der Waals surface area contributed by atoms with E-state index in [1.54, 1.807) is 7.11 Å². The van der Waals surface area contributed by atoms with Crippen LogP contribution in [0.15, 0.2) is 0 Å². The molecule has 0 saturated carbocycles. The molecule has 1 atom stereocenters. The molecular formula is C10H23NO2. The molecule has 0 radical (unpaired) electrons. The highest BCUT2D eigenvalue weighted by atomic mass is 16.5. The van der Waals surface area contributed by atoms with Gasteiger partial charge in [0.25, 0.3) is 0 Å². The average molecular weight is 189 g/mol. The Morgan fingerprint density at radius 1 is 1.31 bits per heavy atom. The molecule has 80 valence electrons. The van der Waals surface area contributed by atoms with Crippen molar-refractivity contribution in [2.45, 2.75) is 32.8 Å². The van der Waals surface area contributed by atoms with Crippen LogP contribution in [0.3, 0.4) is 0 Å². The van der Waals surface area contributed by atoms with Crippen molar-refractivity contribution in [3.8, 4) is 0 Å². The number of rotatable bonds is 9. The van der Waals surface area contributed by atoms with Crippen LogP contribution in [0.1, 0.15) is 26.7 Å². The normalized spacial score (nSPS) is 13.2. The van der Waals surface area contributed by atoms with Crippen molar-refractivity contribution in [1.82, 2.24) is 5.32 Å². The summed E-state index contributed by atoms with van der Waals surface area (Å²) in [5.74, 6) is 0. The van der Waals surface area contributed by atoms with Crippen molar-refractivity contribution in [2.75, 3.05) is 33.4 Å². The topological polar surface area (TPSA) is 30.5 Å². The first kappa shape index (κ1) is 12.9. The summed E-state index contributed by atoms with van der Waals surface area (Å²) >= 11 is 0. The van der Waals surface area contributed by atoms with Crippen LogP contribution in [0.2, 0.25) is 0 Å². The third kappa shape index (κ3) is 9.80. The predicted octanol–water partition coefficient (Wildman–Crippen LogP) is 1.43. The maximum Gasteiger partial charge on any atom is 0.0704 e. The minimum Gasteiger partial charge on any atom is -0.382 e. The minimum absolute atomic E-state index is 0.284. The molecule has 0 heterocycles. The van der Waals surface area contributed by atoms with Crippen molar-refractivity contribution < 1.29 is 9.47 Å². The fraction of sp³-hybridized carbons (Fsp3) is 1.00. The Bertz CT molecular complexity index is 98.9. The zero-order chi connectivity index (χ0) is 9.94. The summed E-state index contributed by atoms with van der Waals surface area (Å²) < 4.78 is 10.4. The SMILES string of the molecule is CCCCNCC(C)OCCOC. The average Bonchev–Trinajstić information content (AvgIpc) is 2.13. The van der Waals surface area contributed by atoms with Crippen LogP contribution < -0.4 is 5.32 Å². The van der Waals surface area contributed by atoms with Gasteiger partial charge in [-0.15, -0.1) is 0 Å². The lowest BCUT2D eigenvalue weighted by Crippen LogP contribution is -2.28. The number of unbranched alkanes of at least 4 members (excludes halogenated alkanes) is 1. The molecule has 0 aromatic carbocycles. The molecule has 1 N–H and O–H groups in total. The Hall–Kier alpha value is -0.120. The second kappa shape index (κ2) is 9.96. The molecule has 13 heavy (non-hydrogen) atoms. The summed E-state index contributed by atoms with van der Waals surface area (Å²) in [5.41, 5.74) is 0. The Labute approximate surface area is 81.8 Å². The molecule has 0 aliphatic carbocycles. The van der Waals surface area contributed by atoms with E-state index in [1.165, 1.54) is 12.8 Å². The molecule has 1 unspecified atom stereocenters. The number of hydrogen-bond acceptors (Lipinski definition) is 3. The fourth-order valence-corrected chi connectivity index (χ4v) is 0.999. The molecule has 0 amide bonds. The molecule has 0 fully saturated rings. The Kier molecular flexibility index (Phi) is 9.87. The molecule has 0 rings (SSSR count). The van der Waals surface area contributed by atoms with Crippen molar-refractivity contribution in [3.05, 3.63) is 0 Å². The third-order valence-corrected chi connectivity index (χ3v) is 1.83. The predicted molar refractivity (Wildman–Crippen MR) is 55.1 cm³/mol. The van der Waals surface area contributed by atoms with Crippen LogP contribution in [0.25, 0.3) is 0 Å². The number of hydrogen-bond donors (Lipinski definition) is 1. The maximum absolute atomic E-state index is 5.48. The Morgan fingerprint density at radius 3 is 2.69 bits per heavy atom. The quantitative estimate of drug-likeness (QED) is 0.557. The lowest BCUT2D eigenvalue weighted by molar-refractivity contribution is 0.0268. The van der Waals surface area contributed by atoms with E-state index in [0.717, 1.165) is 13.1 Å². The molecule has 0 aliphatic heterocycles. The van der Waals surface area contributed by atoms with Crippen molar-refractivity contribution in [1.29, 1.82) is 0 Å². The van der Waals surface area contributed by atoms with Crippen LogP contribution in [-0.2, 0) is 9.47 Å². The van der Waals surface area contributed by atoms with Crippen molar-refractivity contribution in [2.24, 2.45) is 0 Å². The maximum atomic E-state index is 5.48. The summed E-state index contributed by atoms with van der Waals surface area (Å²) in [6.45, 7) is 7.67. The van der Waals surface area contributed by atoms with Crippen LogP contribution in [0.4, 0.5) is 0 Å². The smallest absolute Gasteiger partial charge is 0.0704 e. The van der Waals surface area contributed by atoms with E-state index in [9.17, 15) is 0 Å². The van der Waals surface area contributed by atoms with Crippen LogP contribution in [0.5, 0.6) is 0 Å². The number of methoxy groups -OCH3 is 1. The molecular weight excluding hydrogens is 166 g/mol. The third-order valence-electron chi connectivity index (χ3n) is 1.83. The zero-order valence-corrected chi connectivity index (χ0v) is 9.14. The minimum atomic E-state index is 0.284. The number of ether oxygens (including phenoxy) is 2. The second-order valence-electron chi connectivity index (χ2n) is 3.23. The van der Waals surface area contributed by atoms with E-state index in [4.69, 9.17) is 9.47 Å². The summed E-state index contributed by atoms with van der Waals surface area (Å²) in [6, 6.07) is 0. The van der Waals surface area contributed by atoms with E-state index >= 15 is 0 Å². The van der Waals surface area contributed by atoms with Gasteiger partial charge in [-0.1, -0.05) is 13.3 Å². The van der Waals surface area contributed by atoms with Gasteiger partial charge in [0.1, 0.15) is 0 Å². The molecule has 0 bridgehead atoms. The molecule has 0 aromatic rings. The molecule has 0 aliphatic rings. The summed E-state index contributed by atoms with van der Waals surface area (Å²) in [6.07, 6.45) is 2.77. The Morgan fingerprint density at radius 2 is 2.08 bits per heavy atom. The van der Waals surface area contributed by atoms with E-state index in [2.05, 4.69) is 19.2 Å². The lowest BCUT2D eigenvalue weighted by Gasteiger charge is -2.13. The second-order valence-corrected chi connectivity index (χ2v) is 3.23. The van der Waals surface area contributed by atoms with Gasteiger partial charge < -0.3 is 14.8 Å². The van der Waals surface area contributed by atoms with Gasteiger partial charge in [0.15, 0.2) is 0 Å². The van der Waals surface area contributed by atoms with Crippen molar-refractivity contribution >= 4 is 0 Å². The van der Waals surface area contributed by atoms with Crippen LogP contribution >= 0.6 is 0 Å². The first-order valence-corrected chi connectivity index (χ1v) is 5.12. The number of nitrogens with one attached hydrogen (secondary N) is 1. The molecule has 3 heteroatoms. The van der Waals surface area contributed by atoms with Gasteiger partial charge in [-0.2, -0.15) is 0 Å². The lowest BCUT2D eigenvalue weighted by atomic mass is 10.3. The monoisotopic (exact) mass is 189 g/mol. The van der Waals surface area contributed by atoms with Crippen LogP contribution in [-0.4, -0.2) is 39.5 Å². The van der Waals surface area contributed by atoms with Gasteiger partial charge in [-0.05, 0) is 19.9 Å². The summed E-state index contributed by atoms with van der Waals surface area (Å²) in [5, 5.41) is 3.35. The van der Waals surface area contributed by atoms with Gasteiger partial charge in [0.2, 0.25) is 0 Å². The van der Waals surface area contributed by atoms with Gasteiger partial charge >= 0.3 is 0 Å². The Balaban J connectivity index is 3.05. The summed E-state index contributed by atoms with van der Waals surface area (Å²) in [4.78, 5) is 0. The van der Waals surface area contributed by atoms with Gasteiger partial charge in [0, 0.05) is 13.7 Å². The zero-order valence-electron chi connectivity index (χ0n) is 9.14. The van der Waals surface area contributed by atoms with E-state index in [-0.39, 0.29) is 6.10 Å². The summed E-state index contributed by atoms with van der Waals surface area (Å²) in [7, 11) is 1.69. The van der Waals surface area contributed by atoms with Crippen molar-refractivity contribution in [3.63, 3.8) is 0 Å². The first-order chi connectivity index (χ1) is 6.31. The van der Waals surface area contributed by atoms with Gasteiger partial charge in [0.05, 0.1) is 19.3 Å². The van der Waals surface area contributed by atoms with E-state index in [0.29, 0.717) is 13.2 Å². The molecule has 3 nitrogen and oxygen atoms in total. The van der Waals surface area contributed by atoms with Gasteiger partial charge in [-0.25, -0.2) is 0 Å². The fourth-order valence-electron chi connectivity index (χ4n) is 0.999. The van der Waals surface area contributed by atoms with E-state index < -0.39 is 0 Å². The standard InChI is InChI=1S/C10H23NO2/c1-4-5-6-11-9-10(2)13-8-7-12-3/h10-11H,4-9H2,1-3H3. The first-order valence-electron chi connectivity index (χ1n) is 5.12. The highest BCUT2D eigenvalue weighted by Gasteiger charge is 1.99. The highest BCUT2D eigenvalue weighted by molar-refractivity contribution is 4.54. The largest absolute Gasteiger partial charge is 0.382 e. The highest BCUT2D eigenvalue weighted by Crippen LogP contribution is 1.89. The van der Waals surface area contributed by atoms with Crippen LogP contribution in [0, 0.1) is 0 Å². The molecule has 0 saturated heterocycles. The van der Waals surface area contributed by atoms with Gasteiger partial charge in [-0.3, -0.25) is 0 Å². The molecule has 0 aromatic heterocycles. The van der Waals surface area contributed by atoms with E-state index in [1.807, 2.05) is 0 Å². The molecule has 0 spiro atoms.